The van der Waals surface area contributed by atoms with Crippen LogP contribution >= 0.6 is 0 Å². The van der Waals surface area contributed by atoms with Gasteiger partial charge in [0.1, 0.15) is 0 Å². The second-order valence-corrected chi connectivity index (χ2v) is 8.37. The Hall–Kier alpha value is -2.08. The van der Waals surface area contributed by atoms with E-state index >= 15 is 0 Å². The molecule has 0 aromatic heterocycles. The Morgan fingerprint density at radius 3 is 2.79 bits per heavy atom. The number of nitrogens with zero attached hydrogens (tertiary/aromatic N) is 3. The van der Waals surface area contributed by atoms with Gasteiger partial charge in [0.15, 0.2) is 5.96 Å². The Morgan fingerprint density at radius 1 is 1.28 bits per heavy atom. The largest absolute Gasteiger partial charge is 0.370 e. The summed E-state index contributed by atoms with van der Waals surface area (Å²) >= 11 is 0. The van der Waals surface area contributed by atoms with Crippen molar-refractivity contribution in [2.24, 2.45) is 16.6 Å². The lowest BCUT2D eigenvalue weighted by Gasteiger charge is -2.36. The van der Waals surface area contributed by atoms with E-state index in [0.717, 1.165) is 70.9 Å². The average molecular weight is 400 g/mol. The molecule has 0 saturated carbocycles. The smallest absolute Gasteiger partial charge is 0.217 e. The van der Waals surface area contributed by atoms with E-state index in [-0.39, 0.29) is 5.91 Å². The highest BCUT2D eigenvalue weighted by molar-refractivity contribution is 5.80. The zero-order valence-corrected chi connectivity index (χ0v) is 18.1. The monoisotopic (exact) mass is 399 g/mol. The van der Waals surface area contributed by atoms with E-state index in [1.165, 1.54) is 11.1 Å². The van der Waals surface area contributed by atoms with Crippen molar-refractivity contribution in [1.82, 2.24) is 15.1 Å². The molecule has 6 nitrogen and oxygen atoms in total. The summed E-state index contributed by atoms with van der Waals surface area (Å²) in [5.41, 5.74) is 8.37. The van der Waals surface area contributed by atoms with Crippen molar-refractivity contribution in [1.29, 1.82) is 0 Å². The number of guanidine groups is 1. The molecule has 1 aromatic rings. The summed E-state index contributed by atoms with van der Waals surface area (Å²) in [6, 6.07) is 9.25. The van der Waals surface area contributed by atoms with Gasteiger partial charge in [-0.1, -0.05) is 31.2 Å². The topological polar surface area (TPSA) is 74.0 Å². The van der Waals surface area contributed by atoms with Gasteiger partial charge >= 0.3 is 0 Å². The van der Waals surface area contributed by atoms with E-state index in [2.05, 4.69) is 53.2 Å². The van der Waals surface area contributed by atoms with Crippen molar-refractivity contribution < 1.29 is 4.79 Å². The van der Waals surface area contributed by atoms with Crippen LogP contribution < -0.4 is 11.1 Å². The normalized spacial score (nSPS) is 21.5. The van der Waals surface area contributed by atoms with Gasteiger partial charge in [-0.15, -0.1) is 0 Å². The van der Waals surface area contributed by atoms with Gasteiger partial charge in [-0.3, -0.25) is 14.7 Å². The lowest BCUT2D eigenvalue weighted by Crippen LogP contribution is -2.48. The molecule has 0 radical (unpaired) electrons. The summed E-state index contributed by atoms with van der Waals surface area (Å²) in [4.78, 5) is 21.3. The summed E-state index contributed by atoms with van der Waals surface area (Å²) in [6.45, 7) is 10.0. The molecule has 0 bridgehead atoms. The van der Waals surface area contributed by atoms with Crippen molar-refractivity contribution in [2.75, 3.05) is 32.7 Å². The maximum atomic E-state index is 11.3. The number of carbonyl (C=O) groups excluding carboxylic acids is 1. The van der Waals surface area contributed by atoms with Crippen LogP contribution in [0.3, 0.4) is 0 Å². The van der Waals surface area contributed by atoms with Crippen molar-refractivity contribution in [3.63, 3.8) is 0 Å². The van der Waals surface area contributed by atoms with Crippen LogP contribution in [-0.4, -0.2) is 60.4 Å². The first kappa shape index (κ1) is 21.6. The van der Waals surface area contributed by atoms with Gasteiger partial charge in [-0.25, -0.2) is 0 Å². The molecule has 3 N–H and O–H groups in total. The third-order valence-corrected chi connectivity index (χ3v) is 6.24. The second-order valence-electron chi connectivity index (χ2n) is 8.37. The third kappa shape index (κ3) is 5.95. The number of likely N-dealkylation sites (tertiary alicyclic amines) is 1. The standard InChI is InChI=1S/C23H37N5O/c1-3-21(27-13-11-19-9-5-6-10-20(19)17-27)15-26-23(25-4-2)28-12-7-8-18(16-28)14-22(24)29/h5-6,9-10,18,21H,3-4,7-8,11-17H2,1-2H3,(H2,24,29)(H,25,26). The van der Waals surface area contributed by atoms with Crippen LogP contribution in [0.4, 0.5) is 0 Å². The van der Waals surface area contributed by atoms with Crippen molar-refractivity contribution >= 4 is 11.9 Å². The second kappa shape index (κ2) is 10.6. The molecular weight excluding hydrogens is 362 g/mol. The van der Waals surface area contributed by atoms with Gasteiger partial charge in [-0.2, -0.15) is 0 Å². The van der Waals surface area contributed by atoms with Crippen LogP contribution in [0.1, 0.15) is 50.7 Å². The predicted octanol–water partition coefficient (Wildman–Crippen LogP) is 2.38. The number of nitrogens with one attached hydrogen (secondary N) is 1. The van der Waals surface area contributed by atoms with E-state index < -0.39 is 0 Å². The third-order valence-electron chi connectivity index (χ3n) is 6.24. The van der Waals surface area contributed by atoms with E-state index in [1.807, 2.05) is 0 Å². The Morgan fingerprint density at radius 2 is 2.07 bits per heavy atom. The molecule has 0 aliphatic carbocycles. The number of carbonyl (C=O) groups is 1. The number of hydrogen-bond donors (Lipinski definition) is 2. The van der Waals surface area contributed by atoms with E-state index in [9.17, 15) is 4.79 Å². The van der Waals surface area contributed by atoms with Gasteiger partial charge in [0.2, 0.25) is 5.91 Å². The molecule has 1 saturated heterocycles. The SMILES string of the molecule is CCNC(=NCC(CC)N1CCc2ccccc2C1)N1CCCC(CC(N)=O)C1. The molecule has 1 aromatic carbocycles. The molecule has 2 aliphatic heterocycles. The fraction of sp³-hybridized carbons (Fsp3) is 0.652. The molecule has 2 heterocycles. The maximum Gasteiger partial charge on any atom is 0.217 e. The molecule has 3 rings (SSSR count). The summed E-state index contributed by atoms with van der Waals surface area (Å²) in [6.07, 6.45) is 4.85. The summed E-state index contributed by atoms with van der Waals surface area (Å²) < 4.78 is 0. The number of fused-ring (bicyclic) bond motifs is 1. The highest BCUT2D eigenvalue weighted by Gasteiger charge is 2.25. The van der Waals surface area contributed by atoms with E-state index in [4.69, 9.17) is 10.7 Å². The predicted molar refractivity (Wildman–Crippen MR) is 119 cm³/mol. The first-order valence-corrected chi connectivity index (χ1v) is 11.2. The van der Waals surface area contributed by atoms with Gasteiger partial charge in [0.25, 0.3) is 0 Å². The quantitative estimate of drug-likeness (QED) is 0.545. The molecule has 1 amide bonds. The minimum Gasteiger partial charge on any atom is -0.370 e. The maximum absolute atomic E-state index is 11.3. The van der Waals surface area contributed by atoms with Crippen molar-refractivity contribution in [3.8, 4) is 0 Å². The van der Waals surface area contributed by atoms with Crippen LogP contribution in [0.5, 0.6) is 0 Å². The minimum absolute atomic E-state index is 0.199. The number of aliphatic imine (C=N–C) groups is 1. The Bertz CT molecular complexity index is 704. The number of primary amides is 1. The van der Waals surface area contributed by atoms with Gasteiger partial charge in [0, 0.05) is 45.2 Å². The Kier molecular flexibility index (Phi) is 7.92. The molecule has 160 valence electrons. The fourth-order valence-electron chi connectivity index (χ4n) is 4.66. The molecule has 1 fully saturated rings. The molecule has 2 unspecified atom stereocenters. The molecule has 6 heteroatoms. The first-order valence-electron chi connectivity index (χ1n) is 11.2. The van der Waals surface area contributed by atoms with Gasteiger partial charge in [-0.05, 0) is 49.7 Å². The molecule has 2 aliphatic rings. The lowest BCUT2D eigenvalue weighted by molar-refractivity contribution is -0.119. The zero-order chi connectivity index (χ0) is 20.6. The number of hydrogen-bond acceptors (Lipinski definition) is 3. The minimum atomic E-state index is -0.199. The average Bonchev–Trinajstić information content (AvgIpc) is 2.73. The summed E-state index contributed by atoms with van der Waals surface area (Å²) in [7, 11) is 0. The Labute approximate surface area is 175 Å². The van der Waals surface area contributed by atoms with Crippen LogP contribution in [0.15, 0.2) is 29.3 Å². The van der Waals surface area contributed by atoms with Crippen LogP contribution in [0.25, 0.3) is 0 Å². The number of piperidine rings is 1. The molecule has 0 spiro atoms. The van der Waals surface area contributed by atoms with E-state index in [1.54, 1.807) is 0 Å². The van der Waals surface area contributed by atoms with Crippen LogP contribution in [-0.2, 0) is 17.8 Å². The number of amides is 1. The first-order chi connectivity index (χ1) is 14.1. The Balaban J connectivity index is 1.64. The van der Waals surface area contributed by atoms with Crippen molar-refractivity contribution in [3.05, 3.63) is 35.4 Å². The summed E-state index contributed by atoms with van der Waals surface area (Å²) in [5, 5.41) is 3.47. The number of nitrogens with two attached hydrogens (primary N) is 1. The van der Waals surface area contributed by atoms with Crippen LogP contribution in [0.2, 0.25) is 0 Å². The van der Waals surface area contributed by atoms with Crippen molar-refractivity contribution in [2.45, 2.75) is 58.5 Å². The lowest BCUT2D eigenvalue weighted by atomic mass is 9.95. The highest BCUT2D eigenvalue weighted by atomic mass is 16.1. The van der Waals surface area contributed by atoms with Gasteiger partial charge < -0.3 is 16.0 Å². The van der Waals surface area contributed by atoms with E-state index in [0.29, 0.717) is 18.4 Å². The fourth-order valence-corrected chi connectivity index (χ4v) is 4.66. The summed E-state index contributed by atoms with van der Waals surface area (Å²) in [5.74, 6) is 1.12. The van der Waals surface area contributed by atoms with Crippen LogP contribution in [0, 0.1) is 5.92 Å². The van der Waals surface area contributed by atoms with Gasteiger partial charge in [0.05, 0.1) is 6.54 Å². The zero-order valence-electron chi connectivity index (χ0n) is 18.1. The number of rotatable bonds is 7. The molecule has 29 heavy (non-hydrogen) atoms. The number of benzene rings is 1. The highest BCUT2D eigenvalue weighted by Crippen LogP contribution is 2.22. The molecular formula is C23H37N5O. The molecule has 2 atom stereocenters.